The first-order chi connectivity index (χ1) is 6.68. The van der Waals surface area contributed by atoms with Gasteiger partial charge >= 0.3 is 0 Å². The Hall–Kier alpha value is -0.890. The van der Waals surface area contributed by atoms with Gasteiger partial charge in [0.2, 0.25) is 0 Å². The van der Waals surface area contributed by atoms with Crippen LogP contribution in [0.5, 0.6) is 0 Å². The molecule has 14 heavy (non-hydrogen) atoms. The highest BCUT2D eigenvalue weighted by Gasteiger charge is 2.31. The van der Waals surface area contributed by atoms with E-state index in [4.69, 9.17) is 5.73 Å². The molecule has 0 bridgehead atoms. The number of halogens is 1. The summed E-state index contributed by atoms with van der Waals surface area (Å²) in [4.78, 5) is 0. The molecule has 3 atom stereocenters. The molecule has 0 amide bonds. The smallest absolute Gasteiger partial charge is 0.123 e. The average Bonchev–Trinajstić information content (AvgIpc) is 2.48. The van der Waals surface area contributed by atoms with Gasteiger partial charge < -0.3 is 5.73 Å². The highest BCUT2D eigenvalue weighted by molar-refractivity contribution is 5.23. The molecule has 2 rings (SSSR count). The van der Waals surface area contributed by atoms with Crippen LogP contribution in [0, 0.1) is 11.7 Å². The fraction of sp³-hybridized carbons (Fsp3) is 0.500. The standard InChI is InChI=1S/C12H16FN/c1-8-11(5-6-12(8)14)9-3-2-4-10(13)7-9/h2-4,7-8,11-12H,5-6,14H2,1H3. The van der Waals surface area contributed by atoms with Crippen molar-refractivity contribution in [1.29, 1.82) is 0 Å². The quantitative estimate of drug-likeness (QED) is 0.729. The highest BCUT2D eigenvalue weighted by atomic mass is 19.1. The molecule has 2 heteroatoms. The zero-order valence-electron chi connectivity index (χ0n) is 8.41. The van der Waals surface area contributed by atoms with Crippen LogP contribution in [0.3, 0.4) is 0 Å². The fourth-order valence-corrected chi connectivity index (χ4v) is 2.40. The van der Waals surface area contributed by atoms with Crippen molar-refractivity contribution >= 4 is 0 Å². The van der Waals surface area contributed by atoms with E-state index in [-0.39, 0.29) is 11.9 Å². The Balaban J connectivity index is 2.23. The first-order valence-corrected chi connectivity index (χ1v) is 5.19. The molecular formula is C12H16FN. The molecular weight excluding hydrogens is 177 g/mol. The van der Waals surface area contributed by atoms with E-state index in [0.29, 0.717) is 11.8 Å². The van der Waals surface area contributed by atoms with Crippen LogP contribution in [0.1, 0.15) is 31.2 Å². The van der Waals surface area contributed by atoms with Crippen LogP contribution in [0.15, 0.2) is 24.3 Å². The predicted molar refractivity (Wildman–Crippen MR) is 55.5 cm³/mol. The lowest BCUT2D eigenvalue weighted by molar-refractivity contribution is 0.477. The summed E-state index contributed by atoms with van der Waals surface area (Å²) in [6, 6.07) is 7.19. The maximum Gasteiger partial charge on any atom is 0.123 e. The molecule has 1 fully saturated rings. The SMILES string of the molecule is CC1C(N)CCC1c1cccc(F)c1. The molecule has 1 nitrogen and oxygen atoms in total. The molecule has 2 N–H and O–H groups in total. The van der Waals surface area contributed by atoms with Gasteiger partial charge in [-0.3, -0.25) is 0 Å². The highest BCUT2D eigenvalue weighted by Crippen LogP contribution is 2.38. The van der Waals surface area contributed by atoms with Crippen LogP contribution < -0.4 is 5.73 Å². The predicted octanol–water partition coefficient (Wildman–Crippen LogP) is 2.67. The van der Waals surface area contributed by atoms with Gasteiger partial charge in [0.1, 0.15) is 5.82 Å². The lowest BCUT2D eigenvalue weighted by Crippen LogP contribution is -2.24. The second-order valence-corrected chi connectivity index (χ2v) is 4.26. The maximum atomic E-state index is 13.0. The summed E-state index contributed by atoms with van der Waals surface area (Å²) in [6.07, 6.45) is 2.15. The molecule has 1 saturated carbocycles. The summed E-state index contributed by atoms with van der Waals surface area (Å²) in [6.45, 7) is 2.16. The topological polar surface area (TPSA) is 26.0 Å². The Morgan fingerprint density at radius 1 is 1.36 bits per heavy atom. The molecule has 1 aliphatic carbocycles. The van der Waals surface area contributed by atoms with E-state index in [9.17, 15) is 4.39 Å². The van der Waals surface area contributed by atoms with E-state index in [2.05, 4.69) is 6.92 Å². The summed E-state index contributed by atoms with van der Waals surface area (Å²) in [5, 5.41) is 0. The van der Waals surface area contributed by atoms with Gasteiger partial charge in [-0.2, -0.15) is 0 Å². The van der Waals surface area contributed by atoms with E-state index in [1.54, 1.807) is 12.1 Å². The Morgan fingerprint density at radius 3 is 2.71 bits per heavy atom. The Kier molecular flexibility index (Phi) is 2.55. The molecule has 0 aliphatic heterocycles. The molecule has 3 unspecified atom stereocenters. The minimum Gasteiger partial charge on any atom is -0.327 e. The number of benzene rings is 1. The third kappa shape index (κ3) is 1.67. The van der Waals surface area contributed by atoms with Crippen LogP contribution in [0.2, 0.25) is 0 Å². The number of hydrogen-bond donors (Lipinski definition) is 1. The van der Waals surface area contributed by atoms with E-state index < -0.39 is 0 Å². The van der Waals surface area contributed by atoms with Crippen molar-refractivity contribution in [2.45, 2.75) is 31.7 Å². The van der Waals surface area contributed by atoms with Gasteiger partial charge in [0.25, 0.3) is 0 Å². The van der Waals surface area contributed by atoms with Crippen molar-refractivity contribution < 1.29 is 4.39 Å². The van der Waals surface area contributed by atoms with E-state index in [0.717, 1.165) is 18.4 Å². The van der Waals surface area contributed by atoms with Crippen molar-refractivity contribution in [2.75, 3.05) is 0 Å². The third-order valence-electron chi connectivity index (χ3n) is 3.40. The Bertz CT molecular complexity index is 324. The number of nitrogens with two attached hydrogens (primary N) is 1. The van der Waals surface area contributed by atoms with Gasteiger partial charge in [-0.05, 0) is 42.4 Å². The Morgan fingerprint density at radius 2 is 2.14 bits per heavy atom. The van der Waals surface area contributed by atoms with Crippen LogP contribution in [-0.4, -0.2) is 6.04 Å². The molecule has 0 heterocycles. The van der Waals surface area contributed by atoms with Gasteiger partial charge in [0.05, 0.1) is 0 Å². The molecule has 0 aromatic heterocycles. The molecule has 76 valence electrons. The minimum absolute atomic E-state index is 0.143. The molecule has 1 aliphatic rings. The number of hydrogen-bond acceptors (Lipinski definition) is 1. The normalized spacial score (nSPS) is 32.1. The zero-order chi connectivity index (χ0) is 10.1. The first kappa shape index (κ1) is 9.66. The van der Waals surface area contributed by atoms with Crippen molar-refractivity contribution in [3.8, 4) is 0 Å². The van der Waals surface area contributed by atoms with Crippen LogP contribution >= 0.6 is 0 Å². The van der Waals surface area contributed by atoms with Crippen molar-refractivity contribution in [3.63, 3.8) is 0 Å². The molecule has 0 spiro atoms. The summed E-state index contributed by atoms with van der Waals surface area (Å²) in [5.74, 6) is 0.771. The van der Waals surface area contributed by atoms with E-state index in [1.165, 1.54) is 6.07 Å². The van der Waals surface area contributed by atoms with Crippen molar-refractivity contribution in [3.05, 3.63) is 35.6 Å². The second kappa shape index (κ2) is 3.70. The van der Waals surface area contributed by atoms with Crippen LogP contribution in [0.4, 0.5) is 4.39 Å². The largest absolute Gasteiger partial charge is 0.327 e. The summed E-state index contributed by atoms with van der Waals surface area (Å²) >= 11 is 0. The lowest BCUT2D eigenvalue weighted by atomic mass is 9.89. The molecule has 1 aromatic carbocycles. The van der Waals surface area contributed by atoms with Gasteiger partial charge in [-0.25, -0.2) is 4.39 Å². The second-order valence-electron chi connectivity index (χ2n) is 4.26. The summed E-state index contributed by atoms with van der Waals surface area (Å²) < 4.78 is 13.0. The minimum atomic E-state index is -0.143. The van der Waals surface area contributed by atoms with E-state index in [1.807, 2.05) is 6.07 Å². The number of rotatable bonds is 1. The first-order valence-electron chi connectivity index (χ1n) is 5.19. The average molecular weight is 193 g/mol. The Labute approximate surface area is 84.1 Å². The maximum absolute atomic E-state index is 13.0. The van der Waals surface area contributed by atoms with Crippen LogP contribution in [-0.2, 0) is 0 Å². The molecule has 1 aromatic rings. The molecule has 0 radical (unpaired) electrons. The van der Waals surface area contributed by atoms with Gasteiger partial charge in [-0.15, -0.1) is 0 Å². The van der Waals surface area contributed by atoms with Gasteiger partial charge in [-0.1, -0.05) is 19.1 Å². The third-order valence-corrected chi connectivity index (χ3v) is 3.40. The van der Waals surface area contributed by atoms with Crippen molar-refractivity contribution in [2.24, 2.45) is 11.7 Å². The monoisotopic (exact) mass is 193 g/mol. The zero-order valence-corrected chi connectivity index (χ0v) is 8.41. The van der Waals surface area contributed by atoms with Crippen molar-refractivity contribution in [1.82, 2.24) is 0 Å². The summed E-state index contributed by atoms with van der Waals surface area (Å²) in [5.41, 5.74) is 7.05. The lowest BCUT2D eigenvalue weighted by Gasteiger charge is -2.18. The van der Waals surface area contributed by atoms with Gasteiger partial charge in [0, 0.05) is 6.04 Å². The van der Waals surface area contributed by atoms with Gasteiger partial charge in [0.15, 0.2) is 0 Å². The fourth-order valence-electron chi connectivity index (χ4n) is 2.40. The van der Waals surface area contributed by atoms with Crippen LogP contribution in [0.25, 0.3) is 0 Å². The van der Waals surface area contributed by atoms with E-state index >= 15 is 0 Å². The molecule has 0 saturated heterocycles. The summed E-state index contributed by atoms with van der Waals surface area (Å²) in [7, 11) is 0.